The van der Waals surface area contributed by atoms with E-state index in [9.17, 15) is 18.0 Å². The number of hydrogen-bond acceptors (Lipinski definition) is 1. The number of aldehydes is 1. The van der Waals surface area contributed by atoms with Crippen LogP contribution in [-0.4, -0.2) is 6.29 Å². The maximum Gasteiger partial charge on any atom is 0.416 e. The summed E-state index contributed by atoms with van der Waals surface area (Å²) < 4.78 is 38.1. The highest BCUT2D eigenvalue weighted by atomic mass is 79.9. The van der Waals surface area contributed by atoms with Crippen molar-refractivity contribution in [2.75, 3.05) is 0 Å². The van der Waals surface area contributed by atoms with Crippen LogP contribution >= 0.6 is 15.9 Å². The van der Waals surface area contributed by atoms with E-state index in [1.165, 1.54) is 6.07 Å². The van der Waals surface area contributed by atoms with Gasteiger partial charge in [0.25, 0.3) is 0 Å². The third-order valence-electron chi connectivity index (χ3n) is 2.85. The van der Waals surface area contributed by atoms with E-state index in [2.05, 4.69) is 15.9 Å². The predicted molar refractivity (Wildman–Crippen MR) is 74.0 cm³/mol. The minimum absolute atomic E-state index is 0.398. The molecule has 0 N–H and O–H groups in total. The van der Waals surface area contributed by atoms with Gasteiger partial charge in [-0.2, -0.15) is 13.2 Å². The van der Waals surface area contributed by atoms with E-state index in [0.717, 1.165) is 17.7 Å². The van der Waals surface area contributed by atoms with Gasteiger partial charge >= 0.3 is 6.18 Å². The van der Waals surface area contributed by atoms with Crippen LogP contribution in [0, 0.1) is 0 Å². The Kier molecular flexibility index (Phi) is 4.28. The zero-order valence-corrected chi connectivity index (χ0v) is 11.8. The molecule has 2 aromatic rings. The van der Waals surface area contributed by atoms with Crippen molar-refractivity contribution in [3.8, 4) is 0 Å². The number of halogens is 4. The molecule has 0 aliphatic rings. The SMILES string of the molecule is O=Cc1cccc(C(Br)c2cccc(C(F)(F)F)c2)c1. The van der Waals surface area contributed by atoms with Crippen LogP contribution in [0.5, 0.6) is 0 Å². The van der Waals surface area contributed by atoms with E-state index >= 15 is 0 Å². The molecule has 0 amide bonds. The summed E-state index contributed by atoms with van der Waals surface area (Å²) in [5.74, 6) is 0. The zero-order chi connectivity index (χ0) is 14.8. The molecular formula is C15H10BrF3O. The lowest BCUT2D eigenvalue weighted by atomic mass is 10.0. The largest absolute Gasteiger partial charge is 0.416 e. The van der Waals surface area contributed by atoms with Crippen molar-refractivity contribution in [2.24, 2.45) is 0 Å². The van der Waals surface area contributed by atoms with E-state index in [0.29, 0.717) is 17.4 Å². The quantitative estimate of drug-likeness (QED) is 0.566. The molecule has 1 atom stereocenters. The lowest BCUT2D eigenvalue weighted by Gasteiger charge is -2.14. The lowest BCUT2D eigenvalue weighted by molar-refractivity contribution is -0.137. The van der Waals surface area contributed by atoms with Crippen LogP contribution in [0.4, 0.5) is 13.2 Å². The van der Waals surface area contributed by atoms with Crippen molar-refractivity contribution in [3.63, 3.8) is 0 Å². The molecule has 5 heteroatoms. The molecular weight excluding hydrogens is 333 g/mol. The Balaban J connectivity index is 2.37. The first-order valence-corrected chi connectivity index (χ1v) is 6.70. The lowest BCUT2D eigenvalue weighted by Crippen LogP contribution is -2.06. The van der Waals surface area contributed by atoms with Gasteiger partial charge in [-0.25, -0.2) is 0 Å². The van der Waals surface area contributed by atoms with Gasteiger partial charge in [-0.1, -0.05) is 52.3 Å². The van der Waals surface area contributed by atoms with Gasteiger partial charge in [-0.15, -0.1) is 0 Å². The van der Waals surface area contributed by atoms with Crippen molar-refractivity contribution in [1.82, 2.24) is 0 Å². The molecule has 0 aliphatic heterocycles. The summed E-state index contributed by atoms with van der Waals surface area (Å²) in [7, 11) is 0. The van der Waals surface area contributed by atoms with Crippen LogP contribution in [0.2, 0.25) is 0 Å². The number of carbonyl (C=O) groups is 1. The van der Waals surface area contributed by atoms with Crippen molar-refractivity contribution >= 4 is 22.2 Å². The topological polar surface area (TPSA) is 17.1 Å². The van der Waals surface area contributed by atoms with Crippen LogP contribution < -0.4 is 0 Å². The predicted octanol–water partition coefficient (Wildman–Crippen LogP) is 5.00. The minimum Gasteiger partial charge on any atom is -0.298 e. The van der Waals surface area contributed by atoms with Crippen molar-refractivity contribution in [3.05, 3.63) is 70.8 Å². The van der Waals surface area contributed by atoms with Crippen molar-refractivity contribution < 1.29 is 18.0 Å². The Morgan fingerprint density at radius 2 is 1.60 bits per heavy atom. The molecule has 0 bridgehead atoms. The van der Waals surface area contributed by atoms with Gasteiger partial charge in [0, 0.05) is 5.56 Å². The first-order chi connectivity index (χ1) is 9.41. The molecule has 0 saturated heterocycles. The maximum atomic E-state index is 12.7. The summed E-state index contributed by atoms with van der Waals surface area (Å²) in [4.78, 5) is 10.3. The Morgan fingerprint density at radius 1 is 1.00 bits per heavy atom. The van der Waals surface area contributed by atoms with Crippen LogP contribution in [0.3, 0.4) is 0 Å². The van der Waals surface area contributed by atoms with Crippen LogP contribution in [-0.2, 0) is 6.18 Å². The molecule has 104 valence electrons. The molecule has 0 aromatic heterocycles. The normalized spacial score (nSPS) is 13.0. The highest BCUT2D eigenvalue weighted by Gasteiger charge is 2.30. The summed E-state index contributed by atoms with van der Waals surface area (Å²) in [6, 6.07) is 11.9. The van der Waals surface area contributed by atoms with E-state index in [-0.39, 0.29) is 0 Å². The first-order valence-electron chi connectivity index (χ1n) is 5.78. The highest BCUT2D eigenvalue weighted by molar-refractivity contribution is 9.09. The van der Waals surface area contributed by atoms with E-state index in [4.69, 9.17) is 0 Å². The summed E-state index contributed by atoms with van der Waals surface area (Å²) in [5.41, 5.74) is 1.02. The first kappa shape index (κ1) is 14.8. The van der Waals surface area contributed by atoms with E-state index < -0.39 is 16.6 Å². The fourth-order valence-corrected chi connectivity index (χ4v) is 2.42. The zero-order valence-electron chi connectivity index (χ0n) is 10.2. The standard InChI is InChI=1S/C15H10BrF3O/c16-14(11-4-1-3-10(7-11)9-20)12-5-2-6-13(8-12)15(17,18)19/h1-9,14H. The second-order valence-electron chi connectivity index (χ2n) is 4.27. The molecule has 0 spiro atoms. The number of alkyl halides is 4. The number of benzene rings is 2. The Morgan fingerprint density at radius 3 is 2.20 bits per heavy atom. The summed E-state index contributed by atoms with van der Waals surface area (Å²) in [5, 5.41) is 0. The van der Waals surface area contributed by atoms with Gasteiger partial charge in [-0.05, 0) is 23.3 Å². The highest BCUT2D eigenvalue weighted by Crippen LogP contribution is 2.35. The molecule has 0 radical (unpaired) electrons. The Bertz CT molecular complexity index is 623. The molecule has 0 saturated carbocycles. The third-order valence-corrected chi connectivity index (χ3v) is 3.90. The summed E-state index contributed by atoms with van der Waals surface area (Å²) >= 11 is 3.38. The second-order valence-corrected chi connectivity index (χ2v) is 5.19. The maximum absolute atomic E-state index is 12.7. The fourth-order valence-electron chi connectivity index (χ4n) is 1.86. The molecule has 1 unspecified atom stereocenters. The van der Waals surface area contributed by atoms with E-state index in [1.807, 2.05) is 0 Å². The molecule has 1 nitrogen and oxygen atoms in total. The van der Waals surface area contributed by atoms with Gasteiger partial charge in [0.1, 0.15) is 6.29 Å². The molecule has 0 heterocycles. The number of hydrogen-bond donors (Lipinski definition) is 0. The molecule has 2 rings (SSSR count). The average Bonchev–Trinajstić information content (AvgIpc) is 2.46. The molecule has 20 heavy (non-hydrogen) atoms. The van der Waals surface area contributed by atoms with Crippen LogP contribution in [0.1, 0.15) is 31.9 Å². The van der Waals surface area contributed by atoms with Gasteiger partial charge in [0.2, 0.25) is 0 Å². The monoisotopic (exact) mass is 342 g/mol. The summed E-state index contributed by atoms with van der Waals surface area (Å²) in [6.07, 6.45) is -3.66. The Labute approximate surface area is 122 Å². The molecule has 0 aliphatic carbocycles. The summed E-state index contributed by atoms with van der Waals surface area (Å²) in [6.45, 7) is 0. The van der Waals surface area contributed by atoms with Gasteiger partial charge < -0.3 is 0 Å². The van der Waals surface area contributed by atoms with Crippen molar-refractivity contribution in [2.45, 2.75) is 11.0 Å². The molecule has 2 aromatic carbocycles. The number of carbonyl (C=O) groups excluding carboxylic acids is 1. The van der Waals surface area contributed by atoms with Crippen molar-refractivity contribution in [1.29, 1.82) is 0 Å². The van der Waals surface area contributed by atoms with Gasteiger partial charge in [-0.3, -0.25) is 4.79 Å². The van der Waals surface area contributed by atoms with Crippen LogP contribution in [0.25, 0.3) is 0 Å². The third kappa shape index (κ3) is 3.28. The second kappa shape index (κ2) is 5.79. The smallest absolute Gasteiger partial charge is 0.298 e. The fraction of sp³-hybridized carbons (Fsp3) is 0.133. The van der Waals surface area contributed by atoms with Gasteiger partial charge in [0.15, 0.2) is 0 Å². The average molecular weight is 343 g/mol. The Hall–Kier alpha value is -1.62. The van der Waals surface area contributed by atoms with E-state index in [1.54, 1.807) is 30.3 Å². The van der Waals surface area contributed by atoms with Gasteiger partial charge in [0.05, 0.1) is 10.4 Å². The molecule has 0 fully saturated rings. The van der Waals surface area contributed by atoms with Crippen LogP contribution in [0.15, 0.2) is 48.5 Å². The minimum atomic E-state index is -4.37. The number of rotatable bonds is 3.